The van der Waals surface area contributed by atoms with Crippen molar-refractivity contribution in [2.75, 3.05) is 0 Å². The molecule has 3 atom stereocenters. The maximum atomic E-state index is 7.73. The number of rotatable bonds is 3. The zero-order valence-corrected chi connectivity index (χ0v) is 14.5. The van der Waals surface area contributed by atoms with E-state index in [0.29, 0.717) is 11.0 Å². The Hall–Kier alpha value is -1.03. The van der Waals surface area contributed by atoms with Gasteiger partial charge in [-0.2, -0.15) is 0 Å². The molecule has 21 heavy (non-hydrogen) atoms. The Morgan fingerprint density at radius 3 is 2.62 bits per heavy atom. The predicted octanol–water partition coefficient (Wildman–Crippen LogP) is 4.33. The van der Waals surface area contributed by atoms with Crippen molar-refractivity contribution in [1.29, 1.82) is 5.41 Å². The Morgan fingerprint density at radius 1 is 1.38 bits per heavy atom. The van der Waals surface area contributed by atoms with Gasteiger partial charge in [0.05, 0.1) is 5.56 Å². The van der Waals surface area contributed by atoms with E-state index in [4.69, 9.17) is 15.9 Å². The molecule has 0 aliphatic heterocycles. The van der Waals surface area contributed by atoms with Gasteiger partial charge in [-0.15, -0.1) is 0 Å². The first-order valence-electron chi connectivity index (χ1n) is 7.56. The molecule has 2 aliphatic rings. The smallest absolute Gasteiger partial charge is 0.131 e. The topological polar surface area (TPSA) is 59.1 Å². The number of ether oxygens (including phenoxy) is 1. The lowest BCUT2D eigenvalue weighted by atomic mass is 9.70. The zero-order valence-electron chi connectivity index (χ0n) is 12.9. The molecule has 0 radical (unpaired) electrons. The molecular formula is C17H23BrN2O. The van der Waals surface area contributed by atoms with Crippen LogP contribution in [-0.2, 0) is 0 Å². The summed E-state index contributed by atoms with van der Waals surface area (Å²) in [7, 11) is 0. The monoisotopic (exact) mass is 350 g/mol. The summed E-state index contributed by atoms with van der Waals surface area (Å²) in [5, 5.41) is 7.73. The number of nitrogens with two attached hydrogens (primary N) is 1. The van der Waals surface area contributed by atoms with Crippen LogP contribution in [0.3, 0.4) is 0 Å². The van der Waals surface area contributed by atoms with Crippen LogP contribution in [0.15, 0.2) is 22.7 Å². The first-order valence-corrected chi connectivity index (χ1v) is 8.35. The second-order valence-corrected chi connectivity index (χ2v) is 8.19. The van der Waals surface area contributed by atoms with Crippen molar-refractivity contribution in [3.63, 3.8) is 0 Å². The molecule has 0 amide bonds. The first kappa shape index (κ1) is 14.9. The van der Waals surface area contributed by atoms with E-state index in [-0.39, 0.29) is 17.4 Å². The standard InChI is InChI=1S/C17H23BrN2O/c1-16(2)10-6-7-17(16,3)14(8-10)21-13-9-11(18)4-5-12(13)15(19)20/h4-5,9-10,14H,6-8H2,1-3H3,(H3,19,20). The van der Waals surface area contributed by atoms with Crippen LogP contribution < -0.4 is 10.5 Å². The van der Waals surface area contributed by atoms with Gasteiger partial charge < -0.3 is 10.5 Å². The molecule has 0 aromatic heterocycles. The maximum Gasteiger partial charge on any atom is 0.131 e. The van der Waals surface area contributed by atoms with Gasteiger partial charge in [-0.05, 0) is 48.8 Å². The van der Waals surface area contributed by atoms with E-state index in [0.717, 1.165) is 22.6 Å². The molecular weight excluding hydrogens is 328 g/mol. The molecule has 3 unspecified atom stereocenters. The number of hydrogen-bond donors (Lipinski definition) is 2. The van der Waals surface area contributed by atoms with E-state index in [9.17, 15) is 0 Å². The average molecular weight is 351 g/mol. The van der Waals surface area contributed by atoms with Gasteiger partial charge in [-0.25, -0.2) is 0 Å². The van der Waals surface area contributed by atoms with Crippen molar-refractivity contribution < 1.29 is 4.74 Å². The number of hydrogen-bond acceptors (Lipinski definition) is 2. The van der Waals surface area contributed by atoms with Gasteiger partial charge in [0.1, 0.15) is 17.7 Å². The predicted molar refractivity (Wildman–Crippen MR) is 88.8 cm³/mol. The van der Waals surface area contributed by atoms with Crippen molar-refractivity contribution in [3.05, 3.63) is 28.2 Å². The lowest BCUT2D eigenvalue weighted by Gasteiger charge is -2.39. The van der Waals surface area contributed by atoms with Gasteiger partial charge in [0.2, 0.25) is 0 Å². The van der Waals surface area contributed by atoms with E-state index in [1.54, 1.807) is 0 Å². The largest absolute Gasteiger partial charge is 0.489 e. The minimum Gasteiger partial charge on any atom is -0.489 e. The molecule has 3 N–H and O–H groups in total. The van der Waals surface area contributed by atoms with Crippen LogP contribution in [0.5, 0.6) is 5.75 Å². The van der Waals surface area contributed by atoms with E-state index >= 15 is 0 Å². The van der Waals surface area contributed by atoms with Crippen LogP contribution in [0.25, 0.3) is 0 Å². The third-order valence-electron chi connectivity index (χ3n) is 6.22. The molecule has 0 saturated heterocycles. The van der Waals surface area contributed by atoms with E-state index in [1.807, 2.05) is 18.2 Å². The Bertz CT molecular complexity index is 598. The molecule has 3 nitrogen and oxygen atoms in total. The summed E-state index contributed by atoms with van der Waals surface area (Å²) in [5.74, 6) is 1.52. The highest BCUT2D eigenvalue weighted by Crippen LogP contribution is 2.66. The molecule has 1 aromatic rings. The molecule has 2 saturated carbocycles. The summed E-state index contributed by atoms with van der Waals surface area (Å²) in [6, 6.07) is 5.68. The number of amidine groups is 1. The van der Waals surface area contributed by atoms with Gasteiger partial charge >= 0.3 is 0 Å². The molecule has 2 aliphatic carbocycles. The van der Waals surface area contributed by atoms with E-state index in [2.05, 4.69) is 36.7 Å². The van der Waals surface area contributed by atoms with Gasteiger partial charge in [0.25, 0.3) is 0 Å². The van der Waals surface area contributed by atoms with E-state index in [1.165, 1.54) is 12.8 Å². The number of halogens is 1. The molecule has 0 spiro atoms. The summed E-state index contributed by atoms with van der Waals surface area (Å²) in [6.45, 7) is 7.11. The summed E-state index contributed by atoms with van der Waals surface area (Å²) in [5.41, 5.74) is 6.89. The van der Waals surface area contributed by atoms with Crippen molar-refractivity contribution in [1.82, 2.24) is 0 Å². The van der Waals surface area contributed by atoms with Gasteiger partial charge in [0, 0.05) is 9.89 Å². The fourth-order valence-corrected chi connectivity index (χ4v) is 4.62. The molecule has 1 aromatic carbocycles. The summed E-state index contributed by atoms with van der Waals surface area (Å²) in [6.07, 6.45) is 3.84. The molecule has 3 rings (SSSR count). The van der Waals surface area contributed by atoms with Crippen molar-refractivity contribution >= 4 is 21.8 Å². The number of nitrogen functional groups attached to an aromatic ring is 1. The molecule has 114 valence electrons. The highest BCUT2D eigenvalue weighted by Gasteiger charge is 2.62. The number of nitrogens with one attached hydrogen (secondary N) is 1. The Balaban J connectivity index is 1.92. The zero-order chi connectivity index (χ0) is 15.4. The third-order valence-corrected chi connectivity index (χ3v) is 6.71. The minimum atomic E-state index is 0.0602. The highest BCUT2D eigenvalue weighted by molar-refractivity contribution is 9.10. The summed E-state index contributed by atoms with van der Waals surface area (Å²) < 4.78 is 7.32. The van der Waals surface area contributed by atoms with Crippen LogP contribution in [0.4, 0.5) is 0 Å². The molecule has 0 heterocycles. The summed E-state index contributed by atoms with van der Waals surface area (Å²) in [4.78, 5) is 0. The van der Waals surface area contributed by atoms with Crippen LogP contribution in [0, 0.1) is 22.2 Å². The molecule has 4 heteroatoms. The van der Waals surface area contributed by atoms with Gasteiger partial charge in [-0.3, -0.25) is 5.41 Å². The lowest BCUT2D eigenvalue weighted by Crippen LogP contribution is -2.39. The Labute approximate surface area is 134 Å². The van der Waals surface area contributed by atoms with Crippen LogP contribution >= 0.6 is 15.9 Å². The lowest BCUT2D eigenvalue weighted by molar-refractivity contribution is 0.0300. The second-order valence-electron chi connectivity index (χ2n) is 7.27. The van der Waals surface area contributed by atoms with Crippen LogP contribution in [-0.4, -0.2) is 11.9 Å². The average Bonchev–Trinajstić information content (AvgIpc) is 2.71. The van der Waals surface area contributed by atoms with Gasteiger partial charge in [0.15, 0.2) is 0 Å². The maximum absolute atomic E-state index is 7.73. The fraction of sp³-hybridized carbons (Fsp3) is 0.588. The minimum absolute atomic E-state index is 0.0602. The summed E-state index contributed by atoms with van der Waals surface area (Å²) >= 11 is 3.48. The van der Waals surface area contributed by atoms with Crippen LogP contribution in [0.1, 0.15) is 45.6 Å². The quantitative estimate of drug-likeness (QED) is 0.629. The number of fused-ring (bicyclic) bond motifs is 2. The number of benzene rings is 1. The van der Waals surface area contributed by atoms with Gasteiger partial charge in [-0.1, -0.05) is 36.7 Å². The van der Waals surface area contributed by atoms with Crippen LogP contribution in [0.2, 0.25) is 0 Å². The van der Waals surface area contributed by atoms with Crippen molar-refractivity contribution in [2.24, 2.45) is 22.5 Å². The van der Waals surface area contributed by atoms with E-state index < -0.39 is 0 Å². The normalized spacial score (nSPS) is 33.1. The first-order chi connectivity index (χ1) is 9.75. The SMILES string of the molecule is CC1(C)C2CCC1(C)C(Oc1cc(Br)ccc1C(=N)N)C2. The fourth-order valence-electron chi connectivity index (χ4n) is 4.28. The molecule has 2 bridgehead atoms. The highest BCUT2D eigenvalue weighted by atomic mass is 79.9. The second kappa shape index (κ2) is 4.73. The third kappa shape index (κ3) is 2.10. The van der Waals surface area contributed by atoms with Crippen molar-refractivity contribution in [2.45, 2.75) is 46.1 Å². The molecule has 2 fully saturated rings. The Morgan fingerprint density at radius 2 is 2.10 bits per heavy atom. The Kier molecular flexibility index (Phi) is 3.36. The van der Waals surface area contributed by atoms with Crippen molar-refractivity contribution in [3.8, 4) is 5.75 Å².